The van der Waals surface area contributed by atoms with E-state index in [1.165, 1.54) is 23.9 Å². The first-order chi connectivity index (χ1) is 22.4. The summed E-state index contributed by atoms with van der Waals surface area (Å²) >= 11 is 0. The molecule has 3 aromatic rings. The molecule has 1 aliphatic heterocycles. The fourth-order valence-electron chi connectivity index (χ4n) is 5.48. The molecule has 2 heterocycles. The average molecular weight is 670 g/mol. The molecule has 2 amide bonds. The smallest absolute Gasteiger partial charge is 0.261 e. The molecule has 2 aromatic carbocycles. The number of aliphatic hydroxyl groups is 1. The van der Waals surface area contributed by atoms with Crippen molar-refractivity contribution >= 4 is 27.5 Å². The van der Waals surface area contributed by atoms with Crippen molar-refractivity contribution in [3.63, 3.8) is 0 Å². The van der Waals surface area contributed by atoms with Gasteiger partial charge in [0.05, 0.1) is 43.2 Å². The van der Waals surface area contributed by atoms with E-state index in [0.29, 0.717) is 24.5 Å². The van der Waals surface area contributed by atoms with Crippen molar-refractivity contribution in [2.75, 3.05) is 38.7 Å². The fourth-order valence-corrected chi connectivity index (χ4v) is 6.62. The monoisotopic (exact) mass is 669 g/mol. The molecule has 12 nitrogen and oxygen atoms in total. The molecule has 0 saturated heterocycles. The maximum atomic E-state index is 14.3. The zero-order chi connectivity index (χ0) is 34.1. The number of likely N-dealkylation sites (N-methyl/N-ethyl adjacent to an activating group) is 1. The summed E-state index contributed by atoms with van der Waals surface area (Å²) in [4.78, 5) is 32.8. The number of carbonyl (C=O) groups excluding carboxylic acids is 2. The predicted octanol–water partition coefficient (Wildman–Crippen LogP) is 3.72. The number of imidazole rings is 1. The Labute approximate surface area is 277 Å². The molecule has 47 heavy (non-hydrogen) atoms. The lowest BCUT2D eigenvalue weighted by Gasteiger charge is -2.35. The number of nitrogens with one attached hydrogen (secondary N) is 1. The summed E-state index contributed by atoms with van der Waals surface area (Å²) in [5.41, 5.74) is 1.57. The fraction of sp³-hybridized carbons (Fsp3) is 0.500. The molecule has 0 fully saturated rings. The average Bonchev–Trinajstić information content (AvgIpc) is 3.49. The van der Waals surface area contributed by atoms with E-state index in [1.54, 1.807) is 41.6 Å². The minimum Gasteiger partial charge on any atom is -0.490 e. The van der Waals surface area contributed by atoms with Crippen LogP contribution >= 0.6 is 0 Å². The molecule has 0 spiro atoms. The van der Waals surface area contributed by atoms with Crippen molar-refractivity contribution in [1.29, 1.82) is 0 Å². The van der Waals surface area contributed by atoms with Crippen LogP contribution in [0.1, 0.15) is 56.0 Å². The Hall–Kier alpha value is -3.78. The number of rotatable bonds is 9. The number of aliphatic hydroxyl groups excluding tert-OH is 1. The molecule has 13 heteroatoms. The van der Waals surface area contributed by atoms with Gasteiger partial charge in [0.1, 0.15) is 5.75 Å². The summed E-state index contributed by atoms with van der Waals surface area (Å²) in [7, 11) is -0.683. The summed E-state index contributed by atoms with van der Waals surface area (Å²) in [6.45, 7) is 5.92. The Bertz CT molecular complexity index is 1600. The number of fused-ring (bicyclic) bond motifs is 1. The third kappa shape index (κ3) is 9.63. The molecule has 4 rings (SSSR count). The van der Waals surface area contributed by atoms with Gasteiger partial charge in [-0.05, 0) is 56.9 Å². The summed E-state index contributed by atoms with van der Waals surface area (Å²) in [5.74, 6) is -0.547. The largest absolute Gasteiger partial charge is 0.490 e. The van der Waals surface area contributed by atoms with Crippen molar-refractivity contribution in [3.8, 4) is 5.75 Å². The van der Waals surface area contributed by atoms with Crippen molar-refractivity contribution in [2.45, 2.75) is 69.7 Å². The number of hydrogen-bond acceptors (Lipinski definition) is 8. The Morgan fingerprint density at radius 2 is 1.91 bits per heavy atom. The first-order valence-corrected chi connectivity index (χ1v) is 17.4. The molecule has 0 bridgehead atoms. The van der Waals surface area contributed by atoms with Crippen molar-refractivity contribution < 1.29 is 32.6 Å². The standard InChI is InChI=1S/C34H47N5O7S/c1-24-19-39(25(2)22-40)34(42)29-18-28(36-32(41)17-27-12-7-6-8-13-27)14-15-30(29)46-26(3)11-9-10-16-45-31(24)20-38(5)47(43,44)33-21-37(4)23-35-33/h6-8,12-15,18,21,23-26,31,40H,9-11,16-17,19-20,22H2,1-5H3,(H,36,41)/t24-,25+,26-,31-/m1/s1. The number of anilines is 1. The number of hydrogen-bond donors (Lipinski definition) is 2. The molecule has 1 aliphatic rings. The van der Waals surface area contributed by atoms with E-state index in [4.69, 9.17) is 9.47 Å². The molecule has 2 N–H and O–H groups in total. The van der Waals surface area contributed by atoms with E-state index in [1.807, 2.05) is 44.2 Å². The van der Waals surface area contributed by atoms with E-state index >= 15 is 0 Å². The van der Waals surface area contributed by atoms with Crippen LogP contribution in [0.5, 0.6) is 5.75 Å². The molecule has 1 aromatic heterocycles. The van der Waals surface area contributed by atoms with E-state index in [9.17, 15) is 23.1 Å². The van der Waals surface area contributed by atoms with Crippen LogP contribution in [0.25, 0.3) is 0 Å². The van der Waals surface area contributed by atoms with E-state index in [0.717, 1.165) is 18.4 Å². The molecule has 256 valence electrons. The quantitative estimate of drug-likeness (QED) is 0.351. The zero-order valence-corrected chi connectivity index (χ0v) is 28.7. The minimum atomic E-state index is -3.88. The number of aromatic nitrogens is 2. The zero-order valence-electron chi connectivity index (χ0n) is 27.8. The van der Waals surface area contributed by atoms with E-state index in [-0.39, 0.29) is 60.5 Å². The molecule has 0 saturated carbocycles. The lowest BCUT2D eigenvalue weighted by molar-refractivity contribution is -0.115. The van der Waals surface area contributed by atoms with Crippen LogP contribution in [0, 0.1) is 5.92 Å². The molecule has 4 atom stereocenters. The van der Waals surface area contributed by atoms with E-state index < -0.39 is 22.2 Å². The Morgan fingerprint density at radius 1 is 1.17 bits per heavy atom. The van der Waals surface area contributed by atoms with Gasteiger partial charge < -0.3 is 29.4 Å². The van der Waals surface area contributed by atoms with Gasteiger partial charge in [-0.15, -0.1) is 0 Å². The first-order valence-electron chi connectivity index (χ1n) is 16.0. The number of sulfonamides is 1. The third-order valence-corrected chi connectivity index (χ3v) is 10.0. The molecule has 0 radical (unpaired) electrons. The molecule has 0 aliphatic carbocycles. The summed E-state index contributed by atoms with van der Waals surface area (Å²) in [5, 5.41) is 13.0. The van der Waals surface area contributed by atoms with Crippen LogP contribution in [-0.4, -0.2) is 95.7 Å². The highest BCUT2D eigenvalue weighted by Crippen LogP contribution is 2.29. The topological polar surface area (TPSA) is 143 Å². The second kappa shape index (κ2) is 16.4. The second-order valence-corrected chi connectivity index (χ2v) is 14.4. The number of aryl methyl sites for hydroxylation is 1. The van der Waals surface area contributed by atoms with Gasteiger partial charge in [0.2, 0.25) is 5.91 Å². The number of benzene rings is 2. The Balaban J connectivity index is 1.62. The number of ether oxygens (including phenoxy) is 2. The Morgan fingerprint density at radius 3 is 2.60 bits per heavy atom. The molecule has 0 unspecified atom stereocenters. The third-order valence-electron chi connectivity index (χ3n) is 8.34. The van der Waals surface area contributed by atoms with Crippen LogP contribution in [0.4, 0.5) is 5.69 Å². The van der Waals surface area contributed by atoms with Crippen LogP contribution in [-0.2, 0) is 33.0 Å². The molecular formula is C34H47N5O7S. The highest BCUT2D eigenvalue weighted by molar-refractivity contribution is 7.89. The first kappa shape index (κ1) is 36.1. The SMILES string of the molecule is C[C@@H]1CCCCO[C@H](CN(C)S(=O)(=O)c2cn(C)cn2)[C@H](C)CN([C@@H](C)CO)C(=O)c2cc(NC(=O)Cc3ccccc3)ccc2O1. The highest BCUT2D eigenvalue weighted by atomic mass is 32.2. The number of nitrogens with zero attached hydrogens (tertiary/aromatic N) is 4. The minimum absolute atomic E-state index is 0.0449. The number of carbonyl (C=O) groups is 2. The van der Waals surface area contributed by atoms with Gasteiger partial charge in [-0.3, -0.25) is 9.59 Å². The van der Waals surface area contributed by atoms with Gasteiger partial charge in [-0.25, -0.2) is 13.4 Å². The maximum absolute atomic E-state index is 14.3. The van der Waals surface area contributed by atoms with Crippen molar-refractivity contribution in [1.82, 2.24) is 18.8 Å². The van der Waals surface area contributed by atoms with Crippen LogP contribution in [0.2, 0.25) is 0 Å². The molecular weight excluding hydrogens is 622 g/mol. The number of amides is 2. The van der Waals surface area contributed by atoms with Crippen molar-refractivity contribution in [3.05, 3.63) is 72.2 Å². The van der Waals surface area contributed by atoms with Gasteiger partial charge in [0.15, 0.2) is 5.03 Å². The van der Waals surface area contributed by atoms with Gasteiger partial charge in [0.25, 0.3) is 15.9 Å². The van der Waals surface area contributed by atoms with Crippen LogP contribution in [0.3, 0.4) is 0 Å². The predicted molar refractivity (Wildman–Crippen MR) is 179 cm³/mol. The lowest BCUT2D eigenvalue weighted by atomic mass is 10.0. The normalized spacial score (nSPS) is 20.6. The van der Waals surface area contributed by atoms with Crippen LogP contribution < -0.4 is 10.1 Å². The summed E-state index contributed by atoms with van der Waals surface area (Å²) in [6, 6.07) is 13.8. The summed E-state index contributed by atoms with van der Waals surface area (Å²) in [6.07, 6.45) is 4.54. The van der Waals surface area contributed by atoms with Crippen molar-refractivity contribution in [2.24, 2.45) is 13.0 Å². The van der Waals surface area contributed by atoms with Crippen LogP contribution in [0.15, 0.2) is 66.1 Å². The summed E-state index contributed by atoms with van der Waals surface area (Å²) < 4.78 is 42.0. The Kier molecular flexibility index (Phi) is 12.6. The highest BCUT2D eigenvalue weighted by Gasteiger charge is 2.33. The van der Waals surface area contributed by atoms with Gasteiger partial charge >= 0.3 is 0 Å². The van der Waals surface area contributed by atoms with Gasteiger partial charge in [0, 0.05) is 51.6 Å². The maximum Gasteiger partial charge on any atom is 0.261 e. The second-order valence-electron chi connectivity index (χ2n) is 12.4. The lowest BCUT2D eigenvalue weighted by Crippen LogP contribution is -2.48. The van der Waals surface area contributed by atoms with E-state index in [2.05, 4.69) is 10.3 Å². The van der Waals surface area contributed by atoms with Gasteiger partial charge in [-0.1, -0.05) is 37.3 Å². The van der Waals surface area contributed by atoms with Gasteiger partial charge in [-0.2, -0.15) is 4.31 Å².